The van der Waals surface area contributed by atoms with Gasteiger partial charge >= 0.3 is 0 Å². The zero-order chi connectivity index (χ0) is 19.4. The van der Waals surface area contributed by atoms with Gasteiger partial charge in [0.2, 0.25) is 5.91 Å². The molecule has 1 unspecified atom stereocenters. The minimum absolute atomic E-state index is 0. The Kier molecular flexibility index (Phi) is 15.0. The van der Waals surface area contributed by atoms with Crippen LogP contribution in [-0.2, 0) is 4.79 Å². The van der Waals surface area contributed by atoms with E-state index in [1.54, 1.807) is 0 Å². The number of nitrogens with zero attached hydrogens (tertiary/aromatic N) is 2. The fourth-order valence-corrected chi connectivity index (χ4v) is 3.27. The predicted octanol–water partition coefficient (Wildman–Crippen LogP) is 2.83. The van der Waals surface area contributed by atoms with Crippen LogP contribution in [0.25, 0.3) is 0 Å². The lowest BCUT2D eigenvalue weighted by Gasteiger charge is -2.32. The van der Waals surface area contributed by atoms with Gasteiger partial charge in [0.1, 0.15) is 0 Å². The molecular formula is C20H42IN5O. The molecule has 0 bridgehead atoms. The largest absolute Gasteiger partial charge is 0.357 e. The standard InChI is InChI=1S/C20H41N5O.HI/c1-6-21-20(23-12-11-22-19(26)17(4)5)24-15-18(16(2)3)25-13-9-7-8-10-14-25;/h16-18H,6-15H2,1-5H3,(H,22,26)(H2,21,23,24);1H. The summed E-state index contributed by atoms with van der Waals surface area (Å²) in [4.78, 5) is 19.1. The highest BCUT2D eigenvalue weighted by molar-refractivity contribution is 14.0. The SMILES string of the molecule is CCNC(=NCC(C(C)C)N1CCCCCC1)NCCNC(=O)C(C)C.I. The first kappa shape index (κ1) is 26.4. The molecule has 3 N–H and O–H groups in total. The van der Waals surface area contributed by atoms with Crippen LogP contribution < -0.4 is 16.0 Å². The van der Waals surface area contributed by atoms with Crippen LogP contribution in [0.5, 0.6) is 0 Å². The lowest BCUT2D eigenvalue weighted by molar-refractivity contribution is -0.123. The number of carbonyl (C=O) groups excluding carboxylic acids is 1. The van der Waals surface area contributed by atoms with Crippen LogP contribution >= 0.6 is 24.0 Å². The van der Waals surface area contributed by atoms with Crippen LogP contribution in [0.15, 0.2) is 4.99 Å². The third-order valence-electron chi connectivity index (χ3n) is 4.90. The van der Waals surface area contributed by atoms with Crippen molar-refractivity contribution in [1.82, 2.24) is 20.9 Å². The average Bonchev–Trinajstić information content (AvgIpc) is 2.87. The molecule has 1 aliphatic rings. The van der Waals surface area contributed by atoms with Crippen molar-refractivity contribution < 1.29 is 4.79 Å². The maximum absolute atomic E-state index is 11.6. The number of halogens is 1. The number of hydrogen-bond acceptors (Lipinski definition) is 3. The molecule has 1 heterocycles. The van der Waals surface area contributed by atoms with Crippen molar-refractivity contribution in [3.8, 4) is 0 Å². The third kappa shape index (κ3) is 11.1. The van der Waals surface area contributed by atoms with Crippen molar-refractivity contribution in [3.63, 3.8) is 0 Å². The first-order valence-electron chi connectivity index (χ1n) is 10.5. The van der Waals surface area contributed by atoms with Gasteiger partial charge in [-0.3, -0.25) is 14.7 Å². The van der Waals surface area contributed by atoms with E-state index < -0.39 is 0 Å². The molecule has 0 aromatic heterocycles. The number of rotatable bonds is 9. The van der Waals surface area contributed by atoms with E-state index in [4.69, 9.17) is 4.99 Å². The normalized spacial score (nSPS) is 17.2. The van der Waals surface area contributed by atoms with Crippen molar-refractivity contribution in [1.29, 1.82) is 0 Å². The molecule has 1 fully saturated rings. The van der Waals surface area contributed by atoms with Gasteiger partial charge in [-0.25, -0.2) is 0 Å². The fourth-order valence-electron chi connectivity index (χ4n) is 3.27. The molecule has 7 heteroatoms. The summed E-state index contributed by atoms with van der Waals surface area (Å²) in [5.74, 6) is 1.55. The average molecular weight is 495 g/mol. The third-order valence-corrected chi connectivity index (χ3v) is 4.90. The molecule has 0 aliphatic carbocycles. The highest BCUT2D eigenvalue weighted by Crippen LogP contribution is 2.17. The fraction of sp³-hybridized carbons (Fsp3) is 0.900. The molecule has 0 saturated carbocycles. The zero-order valence-electron chi connectivity index (χ0n) is 18.0. The number of nitrogens with one attached hydrogen (secondary N) is 3. The summed E-state index contributed by atoms with van der Waals surface area (Å²) in [5, 5.41) is 9.57. The first-order valence-corrected chi connectivity index (χ1v) is 10.5. The molecule has 6 nitrogen and oxygen atoms in total. The van der Waals surface area contributed by atoms with E-state index in [0.717, 1.165) is 19.0 Å². The molecule has 1 saturated heterocycles. The summed E-state index contributed by atoms with van der Waals surface area (Å²) in [6.45, 7) is 15.8. The number of amides is 1. The Morgan fingerprint density at radius 3 is 2.07 bits per heavy atom. The van der Waals surface area contributed by atoms with Gasteiger partial charge in [-0.05, 0) is 38.8 Å². The maximum Gasteiger partial charge on any atom is 0.222 e. The van der Waals surface area contributed by atoms with Gasteiger partial charge in [0.05, 0.1) is 6.54 Å². The molecule has 0 aromatic rings. The van der Waals surface area contributed by atoms with E-state index in [-0.39, 0.29) is 35.8 Å². The van der Waals surface area contributed by atoms with Crippen LogP contribution in [-0.4, -0.2) is 62.1 Å². The Balaban J connectivity index is 0.00000676. The van der Waals surface area contributed by atoms with E-state index in [1.165, 1.54) is 38.8 Å². The lowest BCUT2D eigenvalue weighted by atomic mass is 10.0. The van der Waals surface area contributed by atoms with Crippen LogP contribution in [0.3, 0.4) is 0 Å². The lowest BCUT2D eigenvalue weighted by Crippen LogP contribution is -2.45. The van der Waals surface area contributed by atoms with E-state index >= 15 is 0 Å². The second kappa shape index (κ2) is 15.4. The van der Waals surface area contributed by atoms with Crippen LogP contribution in [0.1, 0.15) is 60.3 Å². The predicted molar refractivity (Wildman–Crippen MR) is 126 cm³/mol. The Bertz CT molecular complexity index is 421. The van der Waals surface area contributed by atoms with Gasteiger partial charge in [-0.15, -0.1) is 24.0 Å². The number of guanidine groups is 1. The van der Waals surface area contributed by atoms with E-state index in [9.17, 15) is 4.79 Å². The van der Waals surface area contributed by atoms with Crippen LogP contribution in [0.4, 0.5) is 0 Å². The summed E-state index contributed by atoms with van der Waals surface area (Å²) in [7, 11) is 0. The number of likely N-dealkylation sites (tertiary alicyclic amines) is 1. The molecular weight excluding hydrogens is 453 g/mol. The number of hydrogen-bond donors (Lipinski definition) is 3. The minimum Gasteiger partial charge on any atom is -0.357 e. The maximum atomic E-state index is 11.6. The molecule has 0 aromatic carbocycles. The molecule has 160 valence electrons. The molecule has 0 radical (unpaired) electrons. The monoisotopic (exact) mass is 495 g/mol. The Labute approximate surface area is 183 Å². The highest BCUT2D eigenvalue weighted by atomic mass is 127. The van der Waals surface area contributed by atoms with E-state index in [2.05, 4.69) is 41.6 Å². The quantitative estimate of drug-likeness (QED) is 0.199. The molecule has 1 aliphatic heterocycles. The Morgan fingerprint density at radius 2 is 1.56 bits per heavy atom. The van der Waals surface area contributed by atoms with Crippen molar-refractivity contribution >= 4 is 35.8 Å². The Morgan fingerprint density at radius 1 is 0.963 bits per heavy atom. The van der Waals surface area contributed by atoms with Gasteiger partial charge < -0.3 is 16.0 Å². The van der Waals surface area contributed by atoms with E-state index in [1.807, 2.05) is 13.8 Å². The topological polar surface area (TPSA) is 68.8 Å². The van der Waals surface area contributed by atoms with Crippen molar-refractivity contribution in [2.24, 2.45) is 16.8 Å². The van der Waals surface area contributed by atoms with Crippen molar-refractivity contribution in [3.05, 3.63) is 0 Å². The molecule has 0 spiro atoms. The van der Waals surface area contributed by atoms with Gasteiger partial charge in [-0.2, -0.15) is 0 Å². The van der Waals surface area contributed by atoms with Crippen molar-refractivity contribution in [2.45, 2.75) is 66.3 Å². The van der Waals surface area contributed by atoms with Crippen LogP contribution in [0.2, 0.25) is 0 Å². The first-order chi connectivity index (χ1) is 12.5. The summed E-state index contributed by atoms with van der Waals surface area (Å²) in [6.07, 6.45) is 5.33. The highest BCUT2D eigenvalue weighted by Gasteiger charge is 2.22. The molecule has 1 atom stereocenters. The van der Waals surface area contributed by atoms with Crippen LogP contribution in [0, 0.1) is 11.8 Å². The second-order valence-corrected chi connectivity index (χ2v) is 7.85. The van der Waals surface area contributed by atoms with Gasteiger partial charge in [-0.1, -0.05) is 40.5 Å². The molecule has 1 rings (SSSR count). The zero-order valence-corrected chi connectivity index (χ0v) is 20.3. The van der Waals surface area contributed by atoms with Gasteiger partial charge in [0, 0.05) is 31.6 Å². The summed E-state index contributed by atoms with van der Waals surface area (Å²) < 4.78 is 0. The van der Waals surface area contributed by atoms with Gasteiger partial charge in [0.25, 0.3) is 0 Å². The minimum atomic E-state index is 0. The number of aliphatic imine (C=N–C) groups is 1. The molecule has 1 amide bonds. The summed E-state index contributed by atoms with van der Waals surface area (Å²) in [6, 6.07) is 0.490. The second-order valence-electron chi connectivity index (χ2n) is 7.85. The van der Waals surface area contributed by atoms with Crippen molar-refractivity contribution in [2.75, 3.05) is 39.3 Å². The smallest absolute Gasteiger partial charge is 0.222 e. The summed E-state index contributed by atoms with van der Waals surface area (Å²) in [5.41, 5.74) is 0. The Hall–Kier alpha value is -0.570. The van der Waals surface area contributed by atoms with E-state index in [0.29, 0.717) is 25.0 Å². The van der Waals surface area contributed by atoms with Gasteiger partial charge in [0.15, 0.2) is 5.96 Å². The number of carbonyl (C=O) groups is 1. The summed E-state index contributed by atoms with van der Waals surface area (Å²) >= 11 is 0. The molecule has 27 heavy (non-hydrogen) atoms.